The molecule has 0 saturated carbocycles. The van der Waals surface area contributed by atoms with Gasteiger partial charge in [-0.3, -0.25) is 9.59 Å². The summed E-state index contributed by atoms with van der Waals surface area (Å²) in [7, 11) is 1.66. The van der Waals surface area contributed by atoms with Gasteiger partial charge in [-0.05, 0) is 11.1 Å². The fourth-order valence-corrected chi connectivity index (χ4v) is 2.36. The Morgan fingerprint density at radius 3 is 2.89 bits per heavy atom. The van der Waals surface area contributed by atoms with Gasteiger partial charge in [0.05, 0.1) is 12.3 Å². The highest BCUT2D eigenvalue weighted by molar-refractivity contribution is 5.85. The van der Waals surface area contributed by atoms with Crippen molar-refractivity contribution in [2.75, 3.05) is 20.1 Å². The van der Waals surface area contributed by atoms with Crippen LogP contribution in [0.1, 0.15) is 23.5 Å². The van der Waals surface area contributed by atoms with E-state index in [-0.39, 0.29) is 24.8 Å². The Balaban J connectivity index is 2.10. The third-order valence-electron chi connectivity index (χ3n) is 3.43. The van der Waals surface area contributed by atoms with Gasteiger partial charge in [0.2, 0.25) is 5.91 Å². The molecule has 102 valence electrons. The highest BCUT2D eigenvalue weighted by Gasteiger charge is 2.28. The highest BCUT2D eigenvalue weighted by atomic mass is 16.4. The van der Waals surface area contributed by atoms with Crippen LogP contribution in [0.5, 0.6) is 0 Å². The van der Waals surface area contributed by atoms with Gasteiger partial charge in [-0.2, -0.15) is 0 Å². The minimum absolute atomic E-state index is 0.0238. The van der Waals surface area contributed by atoms with E-state index < -0.39 is 5.97 Å². The molecule has 0 saturated heterocycles. The van der Waals surface area contributed by atoms with Crippen molar-refractivity contribution in [1.29, 1.82) is 0 Å². The molecule has 1 atom stereocenters. The van der Waals surface area contributed by atoms with Gasteiger partial charge in [0.15, 0.2) is 0 Å². The zero-order chi connectivity index (χ0) is 13.8. The summed E-state index contributed by atoms with van der Waals surface area (Å²) in [6, 6.07) is 7.88. The lowest BCUT2D eigenvalue weighted by atomic mass is 9.90. The van der Waals surface area contributed by atoms with Gasteiger partial charge in [0, 0.05) is 26.7 Å². The number of carboxylic acid groups (broad SMARTS) is 1. The molecule has 1 aromatic carbocycles. The molecular formula is C14H18N2O3. The summed E-state index contributed by atoms with van der Waals surface area (Å²) < 4.78 is 0. The first-order valence-corrected chi connectivity index (χ1v) is 6.35. The largest absolute Gasteiger partial charge is 0.481 e. The Hall–Kier alpha value is -1.88. The van der Waals surface area contributed by atoms with Crippen LogP contribution < -0.4 is 5.32 Å². The molecule has 5 heteroatoms. The van der Waals surface area contributed by atoms with Crippen molar-refractivity contribution in [1.82, 2.24) is 10.2 Å². The molecule has 2 rings (SSSR count). The molecule has 19 heavy (non-hydrogen) atoms. The van der Waals surface area contributed by atoms with Crippen LogP contribution in [0.25, 0.3) is 0 Å². The van der Waals surface area contributed by atoms with E-state index in [1.54, 1.807) is 7.05 Å². The van der Waals surface area contributed by atoms with E-state index in [9.17, 15) is 9.59 Å². The second kappa shape index (κ2) is 5.84. The number of carbonyl (C=O) groups is 2. The number of amides is 1. The summed E-state index contributed by atoms with van der Waals surface area (Å²) in [5, 5.41) is 11.9. The predicted molar refractivity (Wildman–Crippen MR) is 70.8 cm³/mol. The van der Waals surface area contributed by atoms with Crippen molar-refractivity contribution >= 4 is 11.9 Å². The van der Waals surface area contributed by atoms with Crippen LogP contribution in [0.2, 0.25) is 0 Å². The number of likely N-dealkylation sites (N-methyl/N-ethyl adjacent to an activating group) is 1. The minimum Gasteiger partial charge on any atom is -0.481 e. The second-order valence-corrected chi connectivity index (χ2v) is 4.79. The van der Waals surface area contributed by atoms with E-state index in [1.165, 1.54) is 4.90 Å². The number of rotatable bonds is 4. The monoisotopic (exact) mass is 262 g/mol. The molecule has 1 unspecified atom stereocenters. The maximum atomic E-state index is 12.4. The topological polar surface area (TPSA) is 69.6 Å². The van der Waals surface area contributed by atoms with E-state index in [0.717, 1.165) is 17.7 Å². The number of benzene rings is 1. The molecular weight excluding hydrogens is 244 g/mol. The van der Waals surface area contributed by atoms with Crippen LogP contribution in [0.15, 0.2) is 24.3 Å². The van der Waals surface area contributed by atoms with Gasteiger partial charge in [0.1, 0.15) is 0 Å². The average Bonchev–Trinajstić information content (AvgIpc) is 2.43. The van der Waals surface area contributed by atoms with Crippen LogP contribution in [-0.2, 0) is 16.1 Å². The first kappa shape index (κ1) is 13.5. The fourth-order valence-electron chi connectivity index (χ4n) is 2.36. The highest BCUT2D eigenvalue weighted by Crippen LogP contribution is 2.25. The SMILES string of the molecule is CN(CCC(=O)O)C(=O)C1CNCc2ccccc21. The van der Waals surface area contributed by atoms with Crippen LogP contribution in [0.3, 0.4) is 0 Å². The third kappa shape index (κ3) is 3.12. The molecule has 0 bridgehead atoms. The molecule has 1 aliphatic rings. The Morgan fingerprint density at radius 2 is 2.16 bits per heavy atom. The normalized spacial score (nSPS) is 17.6. The number of carboxylic acids is 1. The molecule has 0 aliphatic carbocycles. The predicted octanol–water partition coefficient (Wildman–Crippen LogP) is 0.806. The molecule has 0 aromatic heterocycles. The molecule has 0 fully saturated rings. The van der Waals surface area contributed by atoms with E-state index in [2.05, 4.69) is 5.32 Å². The molecule has 1 aliphatic heterocycles. The van der Waals surface area contributed by atoms with Crippen molar-refractivity contribution in [3.8, 4) is 0 Å². The lowest BCUT2D eigenvalue weighted by molar-refractivity contribution is -0.138. The van der Waals surface area contributed by atoms with E-state index in [1.807, 2.05) is 24.3 Å². The Bertz CT molecular complexity index is 487. The number of hydrogen-bond donors (Lipinski definition) is 2. The summed E-state index contributed by atoms with van der Waals surface area (Å²) in [6.45, 7) is 1.62. The molecule has 1 heterocycles. The van der Waals surface area contributed by atoms with Crippen LogP contribution in [-0.4, -0.2) is 42.0 Å². The zero-order valence-corrected chi connectivity index (χ0v) is 10.9. The van der Waals surface area contributed by atoms with Gasteiger partial charge in [-0.15, -0.1) is 0 Å². The number of nitrogens with one attached hydrogen (secondary N) is 1. The van der Waals surface area contributed by atoms with Gasteiger partial charge in [-0.1, -0.05) is 24.3 Å². The van der Waals surface area contributed by atoms with Crippen molar-refractivity contribution in [3.05, 3.63) is 35.4 Å². The van der Waals surface area contributed by atoms with Crippen LogP contribution >= 0.6 is 0 Å². The van der Waals surface area contributed by atoms with Crippen LogP contribution in [0.4, 0.5) is 0 Å². The summed E-state index contributed by atoms with van der Waals surface area (Å²) in [4.78, 5) is 24.4. The Morgan fingerprint density at radius 1 is 1.42 bits per heavy atom. The lowest BCUT2D eigenvalue weighted by Gasteiger charge is -2.29. The summed E-state index contributed by atoms with van der Waals surface area (Å²) in [6.07, 6.45) is -0.0238. The molecule has 0 spiro atoms. The van der Waals surface area contributed by atoms with Crippen molar-refractivity contribution < 1.29 is 14.7 Å². The van der Waals surface area contributed by atoms with Crippen molar-refractivity contribution in [3.63, 3.8) is 0 Å². The molecule has 1 amide bonds. The molecule has 1 aromatic rings. The number of nitrogens with zero attached hydrogens (tertiary/aromatic N) is 1. The Labute approximate surface area is 112 Å². The van der Waals surface area contributed by atoms with E-state index in [4.69, 9.17) is 5.11 Å². The van der Waals surface area contributed by atoms with Gasteiger partial charge in [-0.25, -0.2) is 0 Å². The van der Waals surface area contributed by atoms with Crippen molar-refractivity contribution in [2.45, 2.75) is 18.9 Å². The number of fused-ring (bicyclic) bond motifs is 1. The number of hydrogen-bond acceptors (Lipinski definition) is 3. The van der Waals surface area contributed by atoms with Crippen molar-refractivity contribution in [2.24, 2.45) is 0 Å². The number of aliphatic carboxylic acids is 1. The first-order chi connectivity index (χ1) is 9.09. The fraction of sp³-hybridized carbons (Fsp3) is 0.429. The lowest BCUT2D eigenvalue weighted by Crippen LogP contribution is -2.40. The third-order valence-corrected chi connectivity index (χ3v) is 3.43. The average molecular weight is 262 g/mol. The molecule has 2 N–H and O–H groups in total. The zero-order valence-electron chi connectivity index (χ0n) is 10.9. The summed E-state index contributed by atoms with van der Waals surface area (Å²) in [5.74, 6) is -1.13. The standard InChI is InChI=1S/C14H18N2O3/c1-16(7-6-13(17)18)14(19)12-9-15-8-10-4-2-3-5-11(10)12/h2-5,12,15H,6-9H2,1H3,(H,17,18). The van der Waals surface area contributed by atoms with Crippen LogP contribution in [0, 0.1) is 0 Å². The molecule has 0 radical (unpaired) electrons. The smallest absolute Gasteiger partial charge is 0.305 e. The minimum atomic E-state index is -0.887. The second-order valence-electron chi connectivity index (χ2n) is 4.79. The molecule has 5 nitrogen and oxygen atoms in total. The maximum absolute atomic E-state index is 12.4. The van der Waals surface area contributed by atoms with Gasteiger partial charge in [0.25, 0.3) is 0 Å². The Kier molecular flexibility index (Phi) is 4.16. The maximum Gasteiger partial charge on any atom is 0.305 e. The summed E-state index contributed by atoms with van der Waals surface area (Å²) in [5.41, 5.74) is 2.19. The van der Waals surface area contributed by atoms with E-state index in [0.29, 0.717) is 6.54 Å². The quantitative estimate of drug-likeness (QED) is 0.842. The van der Waals surface area contributed by atoms with Gasteiger partial charge >= 0.3 is 5.97 Å². The van der Waals surface area contributed by atoms with E-state index >= 15 is 0 Å². The first-order valence-electron chi connectivity index (χ1n) is 6.35. The summed E-state index contributed by atoms with van der Waals surface area (Å²) >= 11 is 0. The van der Waals surface area contributed by atoms with Gasteiger partial charge < -0.3 is 15.3 Å². The number of carbonyl (C=O) groups excluding carboxylic acids is 1.